The van der Waals surface area contributed by atoms with Crippen LogP contribution in [0.25, 0.3) is 0 Å². The molecule has 0 aliphatic heterocycles. The highest BCUT2D eigenvalue weighted by Crippen LogP contribution is 2.17. The van der Waals surface area contributed by atoms with Crippen LogP contribution in [0.3, 0.4) is 0 Å². The summed E-state index contributed by atoms with van der Waals surface area (Å²) in [5, 5.41) is 0. The number of ether oxygens (including phenoxy) is 1. The first-order chi connectivity index (χ1) is 9.52. The molecule has 1 aromatic carbocycles. The third-order valence-corrected chi connectivity index (χ3v) is 3.11. The maximum Gasteiger partial charge on any atom is 0.138 e. The summed E-state index contributed by atoms with van der Waals surface area (Å²) in [5.41, 5.74) is 7.41. The lowest BCUT2D eigenvalue weighted by Gasteiger charge is -2.08. The van der Waals surface area contributed by atoms with Crippen LogP contribution in [0.4, 0.5) is 4.39 Å². The number of nitrogens with zero attached hydrogens (tertiary/aromatic N) is 1. The molecule has 0 aliphatic rings. The molecule has 2 N–H and O–H groups in total. The summed E-state index contributed by atoms with van der Waals surface area (Å²) in [5.74, 6) is 0.363. The van der Waals surface area contributed by atoms with Crippen LogP contribution in [0, 0.1) is 5.82 Å². The highest BCUT2D eigenvalue weighted by Gasteiger charge is 2.03. The van der Waals surface area contributed by atoms with Crippen LogP contribution in [0.2, 0.25) is 0 Å². The van der Waals surface area contributed by atoms with Crippen LogP contribution in [-0.2, 0) is 13.0 Å². The number of nitrogens with two attached hydrogens (primary N) is 1. The molecule has 0 amide bonds. The largest absolute Gasteiger partial charge is 0.487 e. The average molecular weight is 339 g/mol. The third kappa shape index (κ3) is 4.58. The van der Waals surface area contributed by atoms with Gasteiger partial charge in [-0.1, -0.05) is 15.9 Å². The Bertz CT molecular complexity index is 552. The van der Waals surface area contributed by atoms with Gasteiger partial charge in [0.1, 0.15) is 18.2 Å². The fourth-order valence-corrected chi connectivity index (χ4v) is 2.32. The van der Waals surface area contributed by atoms with Crippen LogP contribution in [0.15, 0.2) is 41.0 Å². The molecule has 1 unspecified atom stereocenters. The zero-order chi connectivity index (χ0) is 14.5. The smallest absolute Gasteiger partial charge is 0.138 e. The minimum Gasteiger partial charge on any atom is -0.487 e. The summed E-state index contributed by atoms with van der Waals surface area (Å²) >= 11 is 3.25. The van der Waals surface area contributed by atoms with Gasteiger partial charge >= 0.3 is 0 Å². The lowest BCUT2D eigenvalue weighted by Crippen LogP contribution is -2.18. The lowest BCUT2D eigenvalue weighted by molar-refractivity contribution is 0.304. The van der Waals surface area contributed by atoms with Gasteiger partial charge in [-0.25, -0.2) is 4.39 Å². The molecular formula is C15H16BrFN2O. The molecular weight excluding hydrogens is 323 g/mol. The Hall–Kier alpha value is -1.46. The molecule has 3 nitrogen and oxygen atoms in total. The van der Waals surface area contributed by atoms with Crippen molar-refractivity contribution in [3.05, 3.63) is 58.1 Å². The number of hydrogen-bond acceptors (Lipinski definition) is 3. The maximum absolute atomic E-state index is 13.2. The van der Waals surface area contributed by atoms with E-state index in [1.165, 1.54) is 12.1 Å². The fraction of sp³-hybridized carbons (Fsp3) is 0.267. The molecule has 106 valence electrons. The van der Waals surface area contributed by atoms with Gasteiger partial charge < -0.3 is 10.5 Å². The molecule has 1 heterocycles. The first-order valence-corrected chi connectivity index (χ1v) is 7.10. The van der Waals surface area contributed by atoms with Gasteiger partial charge in [0.05, 0.1) is 6.20 Å². The monoisotopic (exact) mass is 338 g/mol. The predicted molar refractivity (Wildman–Crippen MR) is 80.0 cm³/mol. The lowest BCUT2D eigenvalue weighted by atomic mass is 10.2. The van der Waals surface area contributed by atoms with Gasteiger partial charge in [0.15, 0.2) is 0 Å². The van der Waals surface area contributed by atoms with E-state index < -0.39 is 0 Å². The summed E-state index contributed by atoms with van der Waals surface area (Å²) in [4.78, 5) is 4.28. The number of aromatic nitrogens is 1. The summed E-state index contributed by atoms with van der Waals surface area (Å²) in [7, 11) is 0. The Balaban J connectivity index is 1.96. The minimum absolute atomic E-state index is 0.0823. The van der Waals surface area contributed by atoms with Crippen LogP contribution < -0.4 is 10.5 Å². The van der Waals surface area contributed by atoms with Crippen molar-refractivity contribution in [2.45, 2.75) is 26.0 Å². The first kappa shape index (κ1) is 14.9. The van der Waals surface area contributed by atoms with Crippen molar-refractivity contribution in [2.24, 2.45) is 5.73 Å². The van der Waals surface area contributed by atoms with Crippen LogP contribution in [-0.4, -0.2) is 11.0 Å². The second-order valence-corrected chi connectivity index (χ2v) is 5.65. The molecule has 0 spiro atoms. The molecule has 2 rings (SSSR count). The zero-order valence-corrected chi connectivity index (χ0v) is 12.7. The van der Waals surface area contributed by atoms with Gasteiger partial charge in [-0.2, -0.15) is 0 Å². The van der Waals surface area contributed by atoms with E-state index in [0.717, 1.165) is 17.7 Å². The maximum atomic E-state index is 13.2. The number of halogens is 2. The van der Waals surface area contributed by atoms with E-state index >= 15 is 0 Å². The fourth-order valence-electron chi connectivity index (χ4n) is 1.81. The van der Waals surface area contributed by atoms with E-state index in [9.17, 15) is 4.39 Å². The van der Waals surface area contributed by atoms with E-state index in [4.69, 9.17) is 10.5 Å². The topological polar surface area (TPSA) is 48.1 Å². The Morgan fingerprint density at radius 1 is 1.35 bits per heavy atom. The van der Waals surface area contributed by atoms with Crippen molar-refractivity contribution in [1.82, 2.24) is 4.98 Å². The molecule has 20 heavy (non-hydrogen) atoms. The van der Waals surface area contributed by atoms with Crippen molar-refractivity contribution in [2.75, 3.05) is 0 Å². The second kappa shape index (κ2) is 6.81. The number of benzene rings is 1. The number of pyridine rings is 1. The van der Waals surface area contributed by atoms with Crippen molar-refractivity contribution in [3.8, 4) is 5.75 Å². The zero-order valence-electron chi connectivity index (χ0n) is 11.1. The molecule has 0 radical (unpaired) electrons. The number of hydrogen-bond donors (Lipinski definition) is 1. The van der Waals surface area contributed by atoms with E-state index in [2.05, 4.69) is 20.9 Å². The highest BCUT2D eigenvalue weighted by molar-refractivity contribution is 9.10. The van der Waals surface area contributed by atoms with Crippen molar-refractivity contribution < 1.29 is 9.13 Å². The highest BCUT2D eigenvalue weighted by atomic mass is 79.9. The van der Waals surface area contributed by atoms with Gasteiger partial charge in [0.2, 0.25) is 0 Å². The molecule has 0 fully saturated rings. The molecule has 0 aliphatic carbocycles. The van der Waals surface area contributed by atoms with Gasteiger partial charge in [-0.15, -0.1) is 0 Å². The van der Waals surface area contributed by atoms with Crippen molar-refractivity contribution in [3.63, 3.8) is 0 Å². The molecule has 5 heteroatoms. The normalized spacial score (nSPS) is 12.2. The Morgan fingerprint density at radius 2 is 2.15 bits per heavy atom. The van der Waals surface area contributed by atoms with Gasteiger partial charge in [0.25, 0.3) is 0 Å². The molecule has 0 bridgehead atoms. The molecule has 0 saturated heterocycles. The molecule has 1 aromatic heterocycles. The SMILES string of the molecule is CC(N)Cc1ccc(OCc2cc(F)cc(Br)c2)cn1. The third-order valence-electron chi connectivity index (χ3n) is 2.66. The summed E-state index contributed by atoms with van der Waals surface area (Å²) in [6, 6.07) is 8.50. The first-order valence-electron chi connectivity index (χ1n) is 6.31. The van der Waals surface area contributed by atoms with Crippen molar-refractivity contribution in [1.29, 1.82) is 0 Å². The van der Waals surface area contributed by atoms with E-state index in [1.807, 2.05) is 25.1 Å². The second-order valence-electron chi connectivity index (χ2n) is 4.73. The van der Waals surface area contributed by atoms with Crippen LogP contribution in [0.5, 0.6) is 5.75 Å². The summed E-state index contributed by atoms with van der Waals surface area (Å²) < 4.78 is 19.5. The van der Waals surface area contributed by atoms with E-state index in [1.54, 1.807) is 6.20 Å². The van der Waals surface area contributed by atoms with Crippen molar-refractivity contribution >= 4 is 15.9 Å². The molecule has 0 saturated carbocycles. The summed E-state index contributed by atoms with van der Waals surface area (Å²) in [6.45, 7) is 2.23. The van der Waals surface area contributed by atoms with Crippen LogP contribution >= 0.6 is 15.9 Å². The Kier molecular flexibility index (Phi) is 5.09. The van der Waals surface area contributed by atoms with Gasteiger partial charge in [-0.05, 0) is 42.8 Å². The average Bonchev–Trinajstić information content (AvgIpc) is 2.36. The molecule has 2 aromatic rings. The van der Waals surface area contributed by atoms with Gasteiger partial charge in [-0.3, -0.25) is 4.98 Å². The Morgan fingerprint density at radius 3 is 2.75 bits per heavy atom. The minimum atomic E-state index is -0.289. The Labute approximate surface area is 126 Å². The van der Waals surface area contributed by atoms with E-state index in [0.29, 0.717) is 16.8 Å². The van der Waals surface area contributed by atoms with Gasteiger partial charge in [0, 0.05) is 22.6 Å². The van der Waals surface area contributed by atoms with Crippen LogP contribution in [0.1, 0.15) is 18.2 Å². The summed E-state index contributed by atoms with van der Waals surface area (Å²) in [6.07, 6.45) is 2.39. The quantitative estimate of drug-likeness (QED) is 0.908. The number of rotatable bonds is 5. The standard InChI is InChI=1S/C15H16BrFN2O/c1-10(18)4-14-2-3-15(8-19-14)20-9-11-5-12(16)7-13(17)6-11/h2-3,5-8,10H,4,9,18H2,1H3. The predicted octanol–water partition coefficient (Wildman–Crippen LogP) is 3.45. The van der Waals surface area contributed by atoms with E-state index in [-0.39, 0.29) is 11.9 Å². The molecule has 1 atom stereocenters.